The van der Waals surface area contributed by atoms with Crippen LogP contribution in [0, 0.1) is 5.92 Å². The number of allylic oxidation sites excluding steroid dienone is 2. The minimum absolute atomic E-state index is 1.04. The second-order valence-electron chi connectivity index (χ2n) is 4.01. The Kier molecular flexibility index (Phi) is 2.30. The van der Waals surface area contributed by atoms with E-state index in [0.29, 0.717) is 0 Å². The molecule has 0 heterocycles. The Morgan fingerprint density at radius 2 is 1.82 bits per heavy atom. The van der Waals surface area contributed by atoms with E-state index in [9.17, 15) is 0 Å². The molecule has 1 saturated carbocycles. The summed E-state index contributed by atoms with van der Waals surface area (Å²) >= 11 is 0. The molecule has 0 saturated heterocycles. The highest BCUT2D eigenvalue weighted by molar-refractivity contribution is 5.12. The molecule has 0 atom stereocenters. The van der Waals surface area contributed by atoms with E-state index in [0.717, 1.165) is 5.92 Å². The smallest absolute Gasteiger partial charge is 0.0203 e. The van der Waals surface area contributed by atoms with Gasteiger partial charge in [0.25, 0.3) is 0 Å². The molecule has 0 N–H and O–H groups in total. The molecule has 0 aromatic heterocycles. The van der Waals surface area contributed by atoms with Gasteiger partial charge in [0.2, 0.25) is 0 Å². The van der Waals surface area contributed by atoms with Crippen LogP contribution >= 0.6 is 0 Å². The van der Waals surface area contributed by atoms with Crippen molar-refractivity contribution >= 4 is 0 Å². The van der Waals surface area contributed by atoms with E-state index in [1.165, 1.54) is 51.4 Å². The molecule has 0 amide bonds. The summed E-state index contributed by atoms with van der Waals surface area (Å²) < 4.78 is 0. The molecular weight excluding hydrogens is 132 g/mol. The van der Waals surface area contributed by atoms with Crippen LogP contribution in [0.15, 0.2) is 11.6 Å². The number of rotatable bonds is 1. The van der Waals surface area contributed by atoms with Gasteiger partial charge in [-0.2, -0.15) is 0 Å². The first-order chi connectivity index (χ1) is 5.47. The monoisotopic (exact) mass is 150 g/mol. The summed E-state index contributed by atoms with van der Waals surface area (Å²) in [6.45, 7) is 0. The zero-order valence-electron chi connectivity index (χ0n) is 7.31. The molecule has 11 heavy (non-hydrogen) atoms. The van der Waals surface area contributed by atoms with Crippen molar-refractivity contribution in [2.24, 2.45) is 5.92 Å². The topological polar surface area (TPSA) is 0 Å². The summed E-state index contributed by atoms with van der Waals surface area (Å²) in [4.78, 5) is 0. The average Bonchev–Trinajstić information content (AvgIpc) is 2.68. The first-order valence-corrected chi connectivity index (χ1v) is 5.16. The Morgan fingerprint density at radius 3 is 2.64 bits per heavy atom. The Hall–Kier alpha value is -0.260. The van der Waals surface area contributed by atoms with Crippen molar-refractivity contribution in [2.45, 2.75) is 51.4 Å². The standard InChI is InChI=1S/C11H18/c1-2-4-6-10(7-5-3-1)11-8-9-11/h6,11H,1-5,7-9H2. The van der Waals surface area contributed by atoms with E-state index in [4.69, 9.17) is 0 Å². The lowest BCUT2D eigenvalue weighted by Gasteiger charge is -2.09. The highest BCUT2D eigenvalue weighted by atomic mass is 14.3. The third-order valence-electron chi connectivity index (χ3n) is 2.93. The summed E-state index contributed by atoms with van der Waals surface area (Å²) in [5.74, 6) is 1.04. The van der Waals surface area contributed by atoms with Crippen LogP contribution in [0.1, 0.15) is 51.4 Å². The van der Waals surface area contributed by atoms with E-state index < -0.39 is 0 Å². The summed E-state index contributed by atoms with van der Waals surface area (Å²) in [5.41, 5.74) is 1.81. The zero-order chi connectivity index (χ0) is 7.52. The predicted octanol–water partition coefficient (Wildman–Crippen LogP) is 3.68. The van der Waals surface area contributed by atoms with E-state index in [1.807, 2.05) is 5.57 Å². The molecule has 0 bridgehead atoms. The molecule has 0 nitrogen and oxygen atoms in total. The SMILES string of the molecule is C1=C(C2CC2)CCCCCC1. The van der Waals surface area contributed by atoms with E-state index in [2.05, 4.69) is 6.08 Å². The maximum Gasteiger partial charge on any atom is -0.0203 e. The van der Waals surface area contributed by atoms with Crippen molar-refractivity contribution in [3.63, 3.8) is 0 Å². The molecule has 2 rings (SSSR count). The summed E-state index contributed by atoms with van der Waals surface area (Å²) in [7, 11) is 0. The number of hydrogen-bond acceptors (Lipinski definition) is 0. The fourth-order valence-corrected chi connectivity index (χ4v) is 2.04. The summed E-state index contributed by atoms with van der Waals surface area (Å²) in [6.07, 6.45) is 14.2. The Bertz CT molecular complexity index is 151. The van der Waals surface area contributed by atoms with Crippen molar-refractivity contribution in [3.05, 3.63) is 11.6 Å². The van der Waals surface area contributed by atoms with Gasteiger partial charge in [0.1, 0.15) is 0 Å². The van der Waals surface area contributed by atoms with Gasteiger partial charge in [-0.3, -0.25) is 0 Å². The van der Waals surface area contributed by atoms with Crippen molar-refractivity contribution in [2.75, 3.05) is 0 Å². The minimum atomic E-state index is 1.04. The third kappa shape index (κ3) is 2.08. The lowest BCUT2D eigenvalue weighted by atomic mass is 9.97. The maximum absolute atomic E-state index is 2.54. The molecule has 0 spiro atoms. The van der Waals surface area contributed by atoms with Crippen LogP contribution in [0.4, 0.5) is 0 Å². The van der Waals surface area contributed by atoms with Gasteiger partial charge >= 0.3 is 0 Å². The fourth-order valence-electron chi connectivity index (χ4n) is 2.04. The highest BCUT2D eigenvalue weighted by Gasteiger charge is 2.25. The van der Waals surface area contributed by atoms with E-state index >= 15 is 0 Å². The van der Waals surface area contributed by atoms with Crippen molar-refractivity contribution in [3.8, 4) is 0 Å². The van der Waals surface area contributed by atoms with Crippen LogP contribution < -0.4 is 0 Å². The lowest BCUT2D eigenvalue weighted by molar-refractivity contribution is 0.611. The predicted molar refractivity (Wildman–Crippen MR) is 48.5 cm³/mol. The van der Waals surface area contributed by atoms with Crippen molar-refractivity contribution in [1.29, 1.82) is 0 Å². The number of hydrogen-bond donors (Lipinski definition) is 0. The molecule has 0 unspecified atom stereocenters. The Labute approximate surface area is 69.7 Å². The van der Waals surface area contributed by atoms with Gasteiger partial charge in [-0.05, 0) is 44.4 Å². The van der Waals surface area contributed by atoms with Gasteiger partial charge < -0.3 is 0 Å². The van der Waals surface area contributed by atoms with Crippen LogP contribution in [0.3, 0.4) is 0 Å². The molecule has 2 aliphatic carbocycles. The molecular formula is C11H18. The second-order valence-corrected chi connectivity index (χ2v) is 4.01. The van der Waals surface area contributed by atoms with Gasteiger partial charge in [0, 0.05) is 0 Å². The first kappa shape index (κ1) is 7.39. The largest absolute Gasteiger partial charge is 0.0851 e. The van der Waals surface area contributed by atoms with Gasteiger partial charge in [-0.25, -0.2) is 0 Å². The zero-order valence-corrected chi connectivity index (χ0v) is 7.31. The third-order valence-corrected chi connectivity index (χ3v) is 2.93. The van der Waals surface area contributed by atoms with Crippen LogP contribution in [0.5, 0.6) is 0 Å². The lowest BCUT2D eigenvalue weighted by Crippen LogP contribution is -1.91. The van der Waals surface area contributed by atoms with Crippen molar-refractivity contribution in [1.82, 2.24) is 0 Å². The van der Waals surface area contributed by atoms with Crippen LogP contribution in [-0.4, -0.2) is 0 Å². The molecule has 1 fully saturated rings. The quantitative estimate of drug-likeness (QED) is 0.500. The van der Waals surface area contributed by atoms with Gasteiger partial charge in [-0.15, -0.1) is 0 Å². The van der Waals surface area contributed by atoms with Gasteiger partial charge in [0.15, 0.2) is 0 Å². The molecule has 0 aliphatic heterocycles. The molecule has 0 aromatic carbocycles. The Balaban J connectivity index is 1.91. The minimum Gasteiger partial charge on any atom is -0.0851 e. The van der Waals surface area contributed by atoms with Crippen LogP contribution in [0.25, 0.3) is 0 Å². The first-order valence-electron chi connectivity index (χ1n) is 5.16. The average molecular weight is 150 g/mol. The summed E-state index contributed by atoms with van der Waals surface area (Å²) in [5, 5.41) is 0. The fraction of sp³-hybridized carbons (Fsp3) is 0.818. The molecule has 2 aliphatic rings. The Morgan fingerprint density at radius 1 is 1.00 bits per heavy atom. The van der Waals surface area contributed by atoms with E-state index in [1.54, 1.807) is 0 Å². The normalized spacial score (nSPS) is 27.1. The summed E-state index contributed by atoms with van der Waals surface area (Å²) in [6, 6.07) is 0. The maximum atomic E-state index is 2.54. The van der Waals surface area contributed by atoms with Crippen LogP contribution in [0.2, 0.25) is 0 Å². The van der Waals surface area contributed by atoms with Crippen molar-refractivity contribution < 1.29 is 0 Å². The molecule has 0 radical (unpaired) electrons. The molecule has 0 heteroatoms. The highest BCUT2D eigenvalue weighted by Crippen LogP contribution is 2.39. The van der Waals surface area contributed by atoms with Gasteiger partial charge in [0.05, 0.1) is 0 Å². The second kappa shape index (κ2) is 3.42. The van der Waals surface area contributed by atoms with Crippen LogP contribution in [-0.2, 0) is 0 Å². The molecule has 0 aromatic rings. The molecule has 62 valence electrons. The van der Waals surface area contributed by atoms with E-state index in [-0.39, 0.29) is 0 Å². The van der Waals surface area contributed by atoms with Gasteiger partial charge in [-0.1, -0.05) is 24.5 Å².